The first-order chi connectivity index (χ1) is 8.38. The van der Waals surface area contributed by atoms with Gasteiger partial charge >= 0.3 is 6.18 Å². The summed E-state index contributed by atoms with van der Waals surface area (Å²) in [5.41, 5.74) is 0.388. The summed E-state index contributed by atoms with van der Waals surface area (Å²) in [5, 5.41) is -0.0626. The Morgan fingerprint density at radius 1 is 0.833 bits per heavy atom. The summed E-state index contributed by atoms with van der Waals surface area (Å²) in [6, 6.07) is 8.62. The highest BCUT2D eigenvalue weighted by atomic mass is 35.5. The monoisotopic (exact) mass is 274 g/mol. The van der Waals surface area contributed by atoms with Gasteiger partial charge in [0.15, 0.2) is 0 Å². The van der Waals surface area contributed by atoms with Gasteiger partial charge in [-0.1, -0.05) is 29.8 Å². The molecule has 0 heterocycles. The second-order valence-electron chi connectivity index (χ2n) is 3.70. The lowest BCUT2D eigenvalue weighted by Crippen LogP contribution is -2.03. The van der Waals surface area contributed by atoms with Crippen LogP contribution in [-0.2, 0) is 6.18 Å². The van der Waals surface area contributed by atoms with Crippen molar-refractivity contribution in [2.75, 3.05) is 0 Å². The van der Waals surface area contributed by atoms with Crippen molar-refractivity contribution < 1.29 is 17.6 Å². The van der Waals surface area contributed by atoms with Gasteiger partial charge in [-0.05, 0) is 35.4 Å². The molecule has 0 bridgehead atoms. The minimum atomic E-state index is -4.36. The van der Waals surface area contributed by atoms with Crippen LogP contribution in [0.5, 0.6) is 0 Å². The van der Waals surface area contributed by atoms with Crippen molar-refractivity contribution in [3.63, 3.8) is 0 Å². The summed E-state index contributed by atoms with van der Waals surface area (Å²) >= 11 is 5.61. The normalized spacial score (nSPS) is 11.6. The number of hydrogen-bond acceptors (Lipinski definition) is 0. The Hall–Kier alpha value is -1.55. The molecule has 18 heavy (non-hydrogen) atoms. The zero-order chi connectivity index (χ0) is 13.3. The molecule has 2 aromatic rings. The predicted molar refractivity (Wildman–Crippen MR) is 61.8 cm³/mol. The maximum atomic E-state index is 13.0. The third kappa shape index (κ3) is 2.64. The Morgan fingerprint density at radius 2 is 1.39 bits per heavy atom. The van der Waals surface area contributed by atoms with E-state index in [0.29, 0.717) is 11.1 Å². The Kier molecular flexibility index (Phi) is 3.30. The standard InChI is InChI=1S/C13H7ClF4/c14-11-7-9(3-6-12(11)15)8-1-4-10(5-2-8)13(16,17)18/h1-7H. The van der Waals surface area contributed by atoms with Crippen molar-refractivity contribution in [2.24, 2.45) is 0 Å². The molecule has 0 atom stereocenters. The Morgan fingerprint density at radius 3 is 1.89 bits per heavy atom. The minimum absolute atomic E-state index is 0.0626. The number of rotatable bonds is 1. The molecular weight excluding hydrogens is 268 g/mol. The van der Waals surface area contributed by atoms with E-state index < -0.39 is 17.6 Å². The van der Waals surface area contributed by atoms with Gasteiger partial charge in [0.05, 0.1) is 10.6 Å². The fourth-order valence-corrected chi connectivity index (χ4v) is 1.71. The van der Waals surface area contributed by atoms with Gasteiger partial charge in [-0.15, -0.1) is 0 Å². The maximum Gasteiger partial charge on any atom is 0.416 e. The predicted octanol–water partition coefficient (Wildman–Crippen LogP) is 5.16. The third-order valence-electron chi connectivity index (χ3n) is 2.47. The van der Waals surface area contributed by atoms with Crippen LogP contribution in [0.3, 0.4) is 0 Å². The summed E-state index contributed by atoms with van der Waals surface area (Å²) in [5.74, 6) is -0.563. The van der Waals surface area contributed by atoms with Crippen molar-refractivity contribution in [1.82, 2.24) is 0 Å². The molecule has 0 N–H and O–H groups in total. The minimum Gasteiger partial charge on any atom is -0.205 e. The van der Waals surface area contributed by atoms with E-state index in [9.17, 15) is 17.6 Å². The van der Waals surface area contributed by atoms with Crippen LogP contribution in [0.25, 0.3) is 11.1 Å². The molecule has 0 aliphatic rings. The maximum absolute atomic E-state index is 13.0. The van der Waals surface area contributed by atoms with Crippen LogP contribution >= 0.6 is 11.6 Å². The second kappa shape index (κ2) is 4.61. The Labute approximate surface area is 106 Å². The van der Waals surface area contributed by atoms with E-state index in [2.05, 4.69) is 0 Å². The lowest BCUT2D eigenvalue weighted by atomic mass is 10.0. The molecule has 0 aliphatic carbocycles. The zero-order valence-corrected chi connectivity index (χ0v) is 9.69. The van der Waals surface area contributed by atoms with Crippen molar-refractivity contribution >= 4 is 11.6 Å². The largest absolute Gasteiger partial charge is 0.416 e. The topological polar surface area (TPSA) is 0 Å². The molecule has 0 radical (unpaired) electrons. The number of halogens is 5. The van der Waals surface area contributed by atoms with E-state index in [-0.39, 0.29) is 5.02 Å². The fourth-order valence-electron chi connectivity index (χ4n) is 1.53. The molecular formula is C13H7ClF4. The van der Waals surface area contributed by atoms with E-state index >= 15 is 0 Å². The number of hydrogen-bond donors (Lipinski definition) is 0. The first-order valence-corrected chi connectivity index (χ1v) is 5.38. The summed E-state index contributed by atoms with van der Waals surface area (Å²) in [7, 11) is 0. The van der Waals surface area contributed by atoms with Gasteiger partial charge in [0.25, 0.3) is 0 Å². The average molecular weight is 275 g/mol. The molecule has 0 aromatic heterocycles. The molecule has 5 heteroatoms. The second-order valence-corrected chi connectivity index (χ2v) is 4.11. The first kappa shape index (κ1) is 12.9. The van der Waals surface area contributed by atoms with Crippen LogP contribution in [0.1, 0.15) is 5.56 Å². The molecule has 0 spiro atoms. The van der Waals surface area contributed by atoms with Gasteiger partial charge in [-0.2, -0.15) is 13.2 Å². The Balaban J connectivity index is 2.37. The molecule has 0 saturated carbocycles. The molecule has 0 nitrogen and oxygen atoms in total. The van der Waals surface area contributed by atoms with Gasteiger partial charge in [0, 0.05) is 0 Å². The molecule has 0 amide bonds. The van der Waals surface area contributed by atoms with E-state index in [4.69, 9.17) is 11.6 Å². The number of benzene rings is 2. The van der Waals surface area contributed by atoms with E-state index in [1.54, 1.807) is 0 Å². The zero-order valence-electron chi connectivity index (χ0n) is 8.93. The van der Waals surface area contributed by atoms with Crippen LogP contribution < -0.4 is 0 Å². The molecule has 2 rings (SSSR count). The van der Waals surface area contributed by atoms with E-state index in [0.717, 1.165) is 12.1 Å². The van der Waals surface area contributed by atoms with Gasteiger partial charge in [0.2, 0.25) is 0 Å². The summed E-state index contributed by atoms with van der Waals surface area (Å²) in [6.45, 7) is 0. The molecule has 0 fully saturated rings. The van der Waals surface area contributed by atoms with Gasteiger partial charge in [0.1, 0.15) is 5.82 Å². The first-order valence-electron chi connectivity index (χ1n) is 5.00. The van der Waals surface area contributed by atoms with Crippen LogP contribution in [0.15, 0.2) is 42.5 Å². The molecule has 0 unspecified atom stereocenters. The summed E-state index contributed by atoms with van der Waals surface area (Å²) in [4.78, 5) is 0. The van der Waals surface area contributed by atoms with Crippen LogP contribution in [0.4, 0.5) is 17.6 Å². The lowest BCUT2D eigenvalue weighted by Gasteiger charge is -2.08. The molecule has 0 saturated heterocycles. The summed E-state index contributed by atoms with van der Waals surface area (Å²) < 4.78 is 50.1. The van der Waals surface area contributed by atoms with Crippen molar-refractivity contribution in [3.05, 3.63) is 58.9 Å². The molecule has 0 aliphatic heterocycles. The highest BCUT2D eigenvalue weighted by molar-refractivity contribution is 6.31. The van der Waals surface area contributed by atoms with Crippen LogP contribution in [0, 0.1) is 5.82 Å². The highest BCUT2D eigenvalue weighted by Crippen LogP contribution is 2.31. The lowest BCUT2D eigenvalue weighted by molar-refractivity contribution is -0.137. The van der Waals surface area contributed by atoms with Crippen molar-refractivity contribution in [1.29, 1.82) is 0 Å². The average Bonchev–Trinajstić information content (AvgIpc) is 2.32. The third-order valence-corrected chi connectivity index (χ3v) is 2.75. The molecule has 2 aromatic carbocycles. The quantitative estimate of drug-likeness (QED) is 0.630. The van der Waals surface area contributed by atoms with Crippen molar-refractivity contribution in [3.8, 4) is 11.1 Å². The number of alkyl halides is 3. The molecule has 94 valence electrons. The Bertz CT molecular complexity index is 558. The summed E-state index contributed by atoms with van der Waals surface area (Å²) in [6.07, 6.45) is -4.36. The fraction of sp³-hybridized carbons (Fsp3) is 0.0769. The van der Waals surface area contributed by atoms with Gasteiger partial charge < -0.3 is 0 Å². The smallest absolute Gasteiger partial charge is 0.205 e. The van der Waals surface area contributed by atoms with Crippen LogP contribution in [0.2, 0.25) is 5.02 Å². The highest BCUT2D eigenvalue weighted by Gasteiger charge is 2.29. The van der Waals surface area contributed by atoms with E-state index in [1.807, 2.05) is 0 Å². The van der Waals surface area contributed by atoms with Crippen molar-refractivity contribution in [2.45, 2.75) is 6.18 Å². The van der Waals surface area contributed by atoms with Gasteiger partial charge in [-0.25, -0.2) is 4.39 Å². The SMILES string of the molecule is Fc1ccc(-c2ccc(C(F)(F)F)cc2)cc1Cl. The van der Waals surface area contributed by atoms with Gasteiger partial charge in [-0.3, -0.25) is 0 Å². The van der Waals surface area contributed by atoms with Crippen LogP contribution in [-0.4, -0.2) is 0 Å². The van der Waals surface area contributed by atoms with E-state index in [1.165, 1.54) is 30.3 Å².